The van der Waals surface area contributed by atoms with E-state index in [2.05, 4.69) is 10.6 Å². The molecule has 0 radical (unpaired) electrons. The Morgan fingerprint density at radius 3 is 2.12 bits per heavy atom. The molecule has 0 atom stereocenters. The zero-order valence-electron chi connectivity index (χ0n) is 17.8. The van der Waals surface area contributed by atoms with Gasteiger partial charge in [0.05, 0.1) is 12.1 Å². The zero-order valence-corrected chi connectivity index (χ0v) is 17.8. The molecule has 0 unspecified atom stereocenters. The molecule has 7 heteroatoms. The molecule has 0 saturated heterocycles. The molecule has 2 aromatic heterocycles. The highest BCUT2D eigenvalue weighted by Gasteiger charge is 2.17. The van der Waals surface area contributed by atoms with Crippen LogP contribution in [-0.2, 0) is 13.1 Å². The largest absolute Gasteiger partial charge is 0.475 e. The number of fused-ring (bicyclic) bond motifs is 1. The third-order valence-electron chi connectivity index (χ3n) is 5.01. The van der Waals surface area contributed by atoms with Crippen LogP contribution in [0.25, 0.3) is 22.4 Å². The number of carboxylic acids is 1. The number of carbonyl (C=O) groups is 1. The molecule has 0 saturated carbocycles. The van der Waals surface area contributed by atoms with Crippen LogP contribution in [0.2, 0.25) is 0 Å². The molecule has 0 amide bonds. The molecule has 0 aliphatic rings. The van der Waals surface area contributed by atoms with Gasteiger partial charge in [-0.1, -0.05) is 78.9 Å². The van der Waals surface area contributed by atoms with Crippen LogP contribution < -0.4 is 5.48 Å². The second-order valence-corrected chi connectivity index (χ2v) is 7.30. The van der Waals surface area contributed by atoms with Gasteiger partial charge in [0, 0.05) is 11.9 Å². The maximum absolute atomic E-state index is 11.0. The molecule has 0 fully saturated rings. The summed E-state index contributed by atoms with van der Waals surface area (Å²) < 4.78 is 7.33. The van der Waals surface area contributed by atoms with Crippen molar-refractivity contribution in [3.05, 3.63) is 114 Å². The van der Waals surface area contributed by atoms with Crippen LogP contribution in [0.15, 0.2) is 101 Å². The van der Waals surface area contributed by atoms with E-state index in [0.717, 1.165) is 22.0 Å². The quantitative estimate of drug-likeness (QED) is 0.313. The fourth-order valence-corrected chi connectivity index (χ4v) is 3.45. The minimum atomic E-state index is -1.09. The maximum Gasteiger partial charge on any atom is 0.371 e. The number of carboxylic acid groups (broad SMARTS) is 1. The summed E-state index contributed by atoms with van der Waals surface area (Å²) in [7, 11) is 0. The molecule has 0 aliphatic carbocycles. The van der Waals surface area contributed by atoms with Crippen LogP contribution >= 0.6 is 0 Å². The maximum atomic E-state index is 11.0. The number of aromatic nitrogens is 2. The van der Waals surface area contributed by atoms with Gasteiger partial charge in [0.15, 0.2) is 5.76 Å². The van der Waals surface area contributed by atoms with E-state index in [1.54, 1.807) is 6.07 Å². The van der Waals surface area contributed by atoms with Crippen LogP contribution in [0.1, 0.15) is 21.7 Å². The molecular weight excluding hydrogens is 418 g/mol. The van der Waals surface area contributed by atoms with Crippen LogP contribution in [0.3, 0.4) is 0 Å². The SMILES string of the molecule is O=C(O)c1ccc(-c2nn(Cc3ccccc3)c3ccccc23)o1.ONCc1ccccc1. The highest BCUT2D eigenvalue weighted by molar-refractivity contribution is 5.93. The van der Waals surface area contributed by atoms with E-state index in [0.29, 0.717) is 24.5 Å². The summed E-state index contributed by atoms with van der Waals surface area (Å²) in [5.74, 6) is -0.726. The number of furan rings is 1. The molecule has 5 rings (SSSR count). The highest BCUT2D eigenvalue weighted by Crippen LogP contribution is 2.29. The molecule has 0 aliphatic heterocycles. The van der Waals surface area contributed by atoms with Crippen molar-refractivity contribution < 1.29 is 19.5 Å². The van der Waals surface area contributed by atoms with E-state index >= 15 is 0 Å². The predicted octanol–water partition coefficient (Wildman–Crippen LogP) is 5.21. The Balaban J connectivity index is 0.000000243. The molecular formula is C26H23N3O4. The van der Waals surface area contributed by atoms with E-state index in [1.165, 1.54) is 6.07 Å². The van der Waals surface area contributed by atoms with Gasteiger partial charge >= 0.3 is 5.97 Å². The fourth-order valence-electron chi connectivity index (χ4n) is 3.45. The molecule has 166 valence electrons. The van der Waals surface area contributed by atoms with E-state index in [-0.39, 0.29) is 5.76 Å². The van der Waals surface area contributed by atoms with Crippen molar-refractivity contribution in [2.45, 2.75) is 13.1 Å². The lowest BCUT2D eigenvalue weighted by atomic mass is 10.2. The first-order chi connectivity index (χ1) is 16.2. The minimum Gasteiger partial charge on any atom is -0.475 e. The summed E-state index contributed by atoms with van der Waals surface area (Å²) in [5, 5.41) is 22.9. The average molecular weight is 441 g/mol. The van der Waals surface area contributed by atoms with E-state index < -0.39 is 5.97 Å². The molecule has 0 spiro atoms. The number of hydrogen-bond donors (Lipinski definition) is 3. The Bertz CT molecular complexity index is 1330. The van der Waals surface area contributed by atoms with Crippen molar-refractivity contribution >= 4 is 16.9 Å². The van der Waals surface area contributed by atoms with Crippen molar-refractivity contribution in [1.82, 2.24) is 15.3 Å². The lowest BCUT2D eigenvalue weighted by Crippen LogP contribution is -2.05. The molecule has 33 heavy (non-hydrogen) atoms. The molecule has 3 aromatic carbocycles. The first kappa shape index (κ1) is 22.0. The van der Waals surface area contributed by atoms with E-state index in [4.69, 9.17) is 14.7 Å². The normalized spacial score (nSPS) is 10.6. The summed E-state index contributed by atoms with van der Waals surface area (Å²) in [6.07, 6.45) is 0. The van der Waals surface area contributed by atoms with Gasteiger partial charge < -0.3 is 14.7 Å². The standard InChI is InChI=1S/C19H14N2O3.C7H9NO/c22-19(23)17-11-10-16(24-17)18-14-8-4-5-9-15(14)21(20-18)12-13-6-2-1-3-7-13;9-8-6-7-4-2-1-3-5-7/h1-11H,12H2,(H,22,23);1-5,8-9H,6H2. The predicted molar refractivity (Wildman–Crippen MR) is 125 cm³/mol. The molecule has 5 aromatic rings. The van der Waals surface area contributed by atoms with Crippen LogP contribution in [0.5, 0.6) is 0 Å². The van der Waals surface area contributed by atoms with Crippen LogP contribution in [-0.4, -0.2) is 26.1 Å². The van der Waals surface area contributed by atoms with Crippen molar-refractivity contribution in [3.8, 4) is 11.5 Å². The molecule has 2 heterocycles. The van der Waals surface area contributed by atoms with Gasteiger partial charge in [0.25, 0.3) is 0 Å². The van der Waals surface area contributed by atoms with Gasteiger partial charge in [-0.3, -0.25) is 4.68 Å². The summed E-state index contributed by atoms with van der Waals surface area (Å²) in [6, 6.07) is 30.7. The van der Waals surface area contributed by atoms with Crippen molar-refractivity contribution in [3.63, 3.8) is 0 Å². The van der Waals surface area contributed by atoms with Crippen molar-refractivity contribution in [2.75, 3.05) is 0 Å². The first-order valence-electron chi connectivity index (χ1n) is 10.4. The van der Waals surface area contributed by atoms with Crippen molar-refractivity contribution in [2.24, 2.45) is 0 Å². The summed E-state index contributed by atoms with van der Waals surface area (Å²) in [5.41, 5.74) is 5.93. The van der Waals surface area contributed by atoms with E-state index in [9.17, 15) is 4.79 Å². The lowest BCUT2D eigenvalue weighted by molar-refractivity contribution is 0.0663. The minimum absolute atomic E-state index is 0.0910. The monoisotopic (exact) mass is 441 g/mol. The third kappa shape index (κ3) is 5.35. The lowest BCUT2D eigenvalue weighted by Gasteiger charge is -2.03. The summed E-state index contributed by atoms with van der Waals surface area (Å²) in [6.45, 7) is 1.15. The Morgan fingerprint density at radius 2 is 1.48 bits per heavy atom. The summed E-state index contributed by atoms with van der Waals surface area (Å²) >= 11 is 0. The topological polar surface area (TPSA) is 101 Å². The van der Waals surface area contributed by atoms with Gasteiger partial charge in [-0.15, -0.1) is 0 Å². The number of hydrogen-bond acceptors (Lipinski definition) is 5. The molecule has 7 nitrogen and oxygen atoms in total. The average Bonchev–Trinajstić information content (AvgIpc) is 3.47. The second-order valence-electron chi connectivity index (χ2n) is 7.30. The van der Waals surface area contributed by atoms with Gasteiger partial charge in [-0.25, -0.2) is 10.3 Å². The van der Waals surface area contributed by atoms with Crippen LogP contribution in [0, 0.1) is 0 Å². The highest BCUT2D eigenvalue weighted by atomic mass is 16.5. The Hall–Kier alpha value is -4.20. The zero-order chi connectivity index (χ0) is 23.0. The number of para-hydroxylation sites is 1. The number of benzene rings is 3. The van der Waals surface area contributed by atoms with E-state index in [1.807, 2.05) is 89.6 Å². The molecule has 3 N–H and O–H groups in total. The van der Waals surface area contributed by atoms with Gasteiger partial charge in [0.2, 0.25) is 5.76 Å². The number of nitrogens with zero attached hydrogens (tertiary/aromatic N) is 2. The molecule has 0 bridgehead atoms. The second kappa shape index (κ2) is 10.4. The number of aromatic carboxylic acids is 1. The van der Waals surface area contributed by atoms with Gasteiger partial charge in [-0.2, -0.15) is 5.10 Å². The Labute approximate surface area is 190 Å². The Morgan fingerprint density at radius 1 is 0.848 bits per heavy atom. The fraction of sp³-hybridized carbons (Fsp3) is 0.0769. The summed E-state index contributed by atoms with van der Waals surface area (Å²) in [4.78, 5) is 11.0. The Kier molecular flexibility index (Phi) is 6.94. The van der Waals surface area contributed by atoms with Crippen molar-refractivity contribution in [1.29, 1.82) is 0 Å². The van der Waals surface area contributed by atoms with Crippen LogP contribution in [0.4, 0.5) is 0 Å². The number of nitrogens with one attached hydrogen (secondary N) is 1. The van der Waals surface area contributed by atoms with Gasteiger partial charge in [0.1, 0.15) is 5.69 Å². The number of rotatable bonds is 6. The van der Waals surface area contributed by atoms with Gasteiger partial charge in [-0.05, 0) is 29.3 Å². The smallest absolute Gasteiger partial charge is 0.371 e. The first-order valence-corrected chi connectivity index (χ1v) is 10.4. The third-order valence-corrected chi connectivity index (χ3v) is 5.01. The number of hydroxylamine groups is 1.